The number of hydrogen-bond donors (Lipinski definition) is 1. The van der Waals surface area contributed by atoms with Gasteiger partial charge in [-0.25, -0.2) is 0 Å². The van der Waals surface area contributed by atoms with Crippen molar-refractivity contribution < 1.29 is 27.4 Å². The van der Waals surface area contributed by atoms with Crippen LogP contribution in [0, 0.1) is 0 Å². The van der Waals surface area contributed by atoms with Crippen molar-refractivity contribution in [3.8, 4) is 34.1 Å². The first kappa shape index (κ1) is 21.6. The number of rotatable bonds is 1. The summed E-state index contributed by atoms with van der Waals surface area (Å²) in [6.45, 7) is 0.340. The number of anilines is 1. The Balaban J connectivity index is 1.84. The van der Waals surface area contributed by atoms with Gasteiger partial charge in [0.15, 0.2) is 0 Å². The summed E-state index contributed by atoms with van der Waals surface area (Å²) in [5, 5.41) is 0. The normalized spacial score (nSPS) is 13.9. The van der Waals surface area contributed by atoms with Gasteiger partial charge >= 0.3 is 6.36 Å². The van der Waals surface area contributed by atoms with Gasteiger partial charge in [-0.2, -0.15) is 0 Å². The Kier molecular flexibility index (Phi) is 5.73. The lowest BCUT2D eigenvalue weighted by molar-refractivity contribution is -0.274. The summed E-state index contributed by atoms with van der Waals surface area (Å²) >= 11 is 0. The number of aromatic nitrogens is 1. The average molecular weight is 446 g/mol. The van der Waals surface area contributed by atoms with E-state index in [1.807, 2.05) is 0 Å². The molecule has 32 heavy (non-hydrogen) atoms. The van der Waals surface area contributed by atoms with E-state index in [1.165, 1.54) is 28.8 Å². The zero-order valence-electron chi connectivity index (χ0n) is 17.2. The average Bonchev–Trinajstić information content (AvgIpc) is 2.71. The number of nitrogens with two attached hydrogens (primary N) is 1. The van der Waals surface area contributed by atoms with E-state index in [9.17, 15) is 18.0 Å². The third-order valence-corrected chi connectivity index (χ3v) is 5.07. The molecule has 0 saturated heterocycles. The van der Waals surface area contributed by atoms with E-state index in [0.717, 1.165) is 0 Å². The van der Waals surface area contributed by atoms with E-state index in [0.29, 0.717) is 65.5 Å². The fraction of sp³-hybridized carbons (Fsp3) is 0.261. The topological polar surface area (TPSA) is 75.7 Å². The number of pyridine rings is 1. The molecular weight excluding hydrogens is 425 g/mol. The summed E-state index contributed by atoms with van der Waals surface area (Å²) in [6, 6.07) is 10.5. The second kappa shape index (κ2) is 8.49. The van der Waals surface area contributed by atoms with Crippen LogP contribution in [0.2, 0.25) is 0 Å². The molecule has 0 amide bonds. The molecule has 2 N–H and O–H groups in total. The molecule has 2 aromatic carbocycles. The zero-order valence-corrected chi connectivity index (χ0v) is 17.2. The number of halogens is 3. The molecule has 0 bridgehead atoms. The minimum Gasteiger partial charge on any atom is -0.493 e. The van der Waals surface area contributed by atoms with Crippen molar-refractivity contribution in [2.24, 2.45) is 7.05 Å². The molecule has 4 rings (SSSR count). The van der Waals surface area contributed by atoms with Crippen molar-refractivity contribution >= 4 is 5.69 Å². The van der Waals surface area contributed by atoms with Crippen LogP contribution in [0.4, 0.5) is 18.9 Å². The van der Waals surface area contributed by atoms with Crippen LogP contribution in [-0.2, 0) is 13.5 Å². The molecule has 0 aliphatic carbocycles. The molecule has 0 unspecified atom stereocenters. The van der Waals surface area contributed by atoms with Crippen LogP contribution in [-0.4, -0.2) is 17.5 Å². The fourth-order valence-electron chi connectivity index (χ4n) is 3.55. The van der Waals surface area contributed by atoms with Crippen molar-refractivity contribution in [1.82, 2.24) is 4.57 Å². The van der Waals surface area contributed by atoms with Crippen molar-refractivity contribution in [2.75, 3.05) is 12.3 Å². The number of ether oxygens (including phenoxy) is 3. The molecular formula is C23H21F3N2O4. The number of alkyl halides is 3. The van der Waals surface area contributed by atoms with Gasteiger partial charge in [0.05, 0.1) is 6.61 Å². The second-order valence-corrected chi connectivity index (χ2v) is 7.48. The minimum absolute atomic E-state index is 0.218. The Bertz CT molecular complexity index is 1200. The van der Waals surface area contributed by atoms with Gasteiger partial charge in [-0.3, -0.25) is 4.79 Å². The highest BCUT2D eigenvalue weighted by Gasteiger charge is 2.31. The molecule has 0 radical (unpaired) electrons. The summed E-state index contributed by atoms with van der Waals surface area (Å²) < 4.78 is 55.5. The third kappa shape index (κ3) is 4.82. The number of benzene rings is 2. The number of hydrogen-bond acceptors (Lipinski definition) is 5. The van der Waals surface area contributed by atoms with E-state index in [4.69, 9.17) is 15.2 Å². The van der Waals surface area contributed by atoms with Gasteiger partial charge in [-0.05, 0) is 61.2 Å². The lowest BCUT2D eigenvalue weighted by Gasteiger charge is -2.20. The van der Waals surface area contributed by atoms with Crippen molar-refractivity contribution in [1.29, 1.82) is 0 Å². The van der Waals surface area contributed by atoms with Gasteiger partial charge in [-0.1, -0.05) is 0 Å². The maximum atomic E-state index is 12.7. The van der Waals surface area contributed by atoms with Crippen molar-refractivity contribution in [3.63, 3.8) is 0 Å². The van der Waals surface area contributed by atoms with Gasteiger partial charge in [0.2, 0.25) is 0 Å². The highest BCUT2D eigenvalue weighted by molar-refractivity contribution is 5.78. The van der Waals surface area contributed by atoms with Gasteiger partial charge < -0.3 is 24.5 Å². The summed E-state index contributed by atoms with van der Waals surface area (Å²) in [7, 11) is 1.63. The van der Waals surface area contributed by atoms with Gasteiger partial charge in [0.1, 0.15) is 23.0 Å². The van der Waals surface area contributed by atoms with Crippen LogP contribution < -0.4 is 25.5 Å². The molecule has 1 aliphatic rings. The summed E-state index contributed by atoms with van der Waals surface area (Å²) in [5.41, 5.74) is 8.06. The molecule has 6 nitrogen and oxygen atoms in total. The van der Waals surface area contributed by atoms with Crippen LogP contribution in [0.5, 0.6) is 23.0 Å². The maximum Gasteiger partial charge on any atom is 0.573 e. The summed E-state index contributed by atoms with van der Waals surface area (Å²) in [4.78, 5) is 12.2. The van der Waals surface area contributed by atoms with Crippen LogP contribution in [0.3, 0.4) is 0 Å². The highest BCUT2D eigenvalue weighted by atomic mass is 19.4. The molecule has 1 aromatic heterocycles. The van der Waals surface area contributed by atoms with Gasteiger partial charge in [-0.15, -0.1) is 13.2 Å². The standard InChI is InChI=1S/C23H21F3N2O4/c1-28-13-18-17-11-15(27)5-7-20(17)31-19-8-6-16(32-23(24,25)26)10-14(19)4-2-3-9-30-21(18)12-22(28)29/h5-8,10-13H,2-4,9,27H2,1H3. The van der Waals surface area contributed by atoms with Crippen LogP contribution >= 0.6 is 0 Å². The SMILES string of the molecule is Cn1cc2c(cc1=O)OCCCCc1cc(OC(F)(F)F)ccc1Oc1ccc(N)cc1-2. The lowest BCUT2D eigenvalue weighted by atomic mass is 10.0. The highest BCUT2D eigenvalue weighted by Crippen LogP contribution is 2.41. The van der Waals surface area contributed by atoms with Crippen molar-refractivity contribution in [3.05, 3.63) is 64.6 Å². The monoisotopic (exact) mass is 446 g/mol. The fourth-order valence-corrected chi connectivity index (χ4v) is 3.55. The van der Waals surface area contributed by atoms with Crippen molar-refractivity contribution in [2.45, 2.75) is 25.6 Å². The first-order valence-electron chi connectivity index (χ1n) is 9.99. The Hall–Kier alpha value is -3.62. The van der Waals surface area contributed by atoms with Gasteiger partial charge in [0.25, 0.3) is 5.56 Å². The molecule has 0 atom stereocenters. The smallest absolute Gasteiger partial charge is 0.493 e. The van der Waals surface area contributed by atoms with E-state index < -0.39 is 6.36 Å². The summed E-state index contributed by atoms with van der Waals surface area (Å²) in [6.07, 6.45) is -1.41. The lowest BCUT2D eigenvalue weighted by Crippen LogP contribution is -2.17. The Morgan fingerprint density at radius 2 is 1.78 bits per heavy atom. The molecule has 0 fully saturated rings. The first-order chi connectivity index (χ1) is 15.2. The van der Waals surface area contributed by atoms with Crippen LogP contribution in [0.25, 0.3) is 11.1 Å². The molecule has 3 aromatic rings. The predicted molar refractivity (Wildman–Crippen MR) is 113 cm³/mol. The Labute approximate surface area is 181 Å². The molecule has 2 heterocycles. The maximum absolute atomic E-state index is 12.7. The van der Waals surface area contributed by atoms with Crippen LogP contribution in [0.15, 0.2) is 53.5 Å². The number of nitrogen functional groups attached to an aromatic ring is 1. The minimum atomic E-state index is -4.78. The first-order valence-corrected chi connectivity index (χ1v) is 9.99. The van der Waals surface area contributed by atoms with E-state index in [1.54, 1.807) is 31.4 Å². The molecule has 9 heteroatoms. The molecule has 0 spiro atoms. The predicted octanol–water partition coefficient (Wildman–Crippen LogP) is 5.04. The quantitative estimate of drug-likeness (QED) is 0.530. The number of fused-ring (bicyclic) bond motifs is 4. The molecule has 168 valence electrons. The zero-order chi connectivity index (χ0) is 22.9. The Morgan fingerprint density at radius 3 is 2.56 bits per heavy atom. The van der Waals surface area contributed by atoms with E-state index in [-0.39, 0.29) is 11.3 Å². The number of aryl methyl sites for hydroxylation is 2. The summed E-state index contributed by atoms with van der Waals surface area (Å²) in [5.74, 6) is 0.951. The van der Waals surface area contributed by atoms with E-state index >= 15 is 0 Å². The Morgan fingerprint density at radius 1 is 1.00 bits per heavy atom. The molecule has 1 aliphatic heterocycles. The largest absolute Gasteiger partial charge is 0.573 e. The van der Waals surface area contributed by atoms with E-state index in [2.05, 4.69) is 4.74 Å². The van der Waals surface area contributed by atoms with Crippen LogP contribution in [0.1, 0.15) is 18.4 Å². The third-order valence-electron chi connectivity index (χ3n) is 5.07. The number of nitrogens with zero attached hydrogens (tertiary/aromatic N) is 1. The molecule has 0 saturated carbocycles. The van der Waals surface area contributed by atoms with Gasteiger partial charge in [0, 0.05) is 36.1 Å². The second-order valence-electron chi connectivity index (χ2n) is 7.48.